The van der Waals surface area contributed by atoms with Crippen molar-refractivity contribution in [2.24, 2.45) is 0 Å². The highest BCUT2D eigenvalue weighted by atomic mass is 16.2. The maximum atomic E-state index is 12.3. The average Bonchev–Trinajstić information content (AvgIpc) is 2.99. The van der Waals surface area contributed by atoms with E-state index in [4.69, 9.17) is 0 Å². The quantitative estimate of drug-likeness (QED) is 0.676. The number of hydrogen-bond donors (Lipinski definition) is 2. The van der Waals surface area contributed by atoms with E-state index in [1.54, 1.807) is 12.1 Å². The number of carbonyl (C=O) groups is 2. The Morgan fingerprint density at radius 3 is 2.48 bits per heavy atom. The van der Waals surface area contributed by atoms with Crippen molar-refractivity contribution in [3.8, 4) is 0 Å². The molecule has 27 heavy (non-hydrogen) atoms. The Morgan fingerprint density at radius 1 is 1.04 bits per heavy atom. The number of carbonyl (C=O) groups excluding carboxylic acids is 2. The van der Waals surface area contributed by atoms with Gasteiger partial charge in [0.25, 0.3) is 5.91 Å². The van der Waals surface area contributed by atoms with E-state index < -0.39 is 0 Å². The van der Waals surface area contributed by atoms with Crippen molar-refractivity contribution in [1.82, 2.24) is 20.2 Å². The summed E-state index contributed by atoms with van der Waals surface area (Å²) in [5.41, 5.74) is 2.39. The van der Waals surface area contributed by atoms with Crippen LogP contribution >= 0.6 is 0 Å². The lowest BCUT2D eigenvalue weighted by molar-refractivity contribution is -0.122. The van der Waals surface area contributed by atoms with Crippen LogP contribution in [-0.2, 0) is 17.8 Å². The second kappa shape index (κ2) is 8.49. The molecule has 0 fully saturated rings. The minimum absolute atomic E-state index is 0.0530. The molecule has 0 saturated heterocycles. The zero-order valence-corrected chi connectivity index (χ0v) is 15.6. The van der Waals surface area contributed by atoms with Crippen molar-refractivity contribution in [3.63, 3.8) is 0 Å². The molecule has 6 nitrogen and oxygen atoms in total. The Morgan fingerprint density at radius 2 is 1.74 bits per heavy atom. The van der Waals surface area contributed by atoms with Gasteiger partial charge in [0.15, 0.2) is 0 Å². The number of nitrogens with one attached hydrogen (secondary N) is 2. The molecular formula is C21H24N4O2. The first-order chi connectivity index (χ1) is 13.0. The Bertz CT molecular complexity index is 932. The molecular weight excluding hydrogens is 340 g/mol. The summed E-state index contributed by atoms with van der Waals surface area (Å²) in [5.74, 6) is 0.613. The predicted octanol–water partition coefficient (Wildman–Crippen LogP) is 2.53. The van der Waals surface area contributed by atoms with Crippen LogP contribution in [-0.4, -0.2) is 34.0 Å². The molecule has 0 bridgehead atoms. The molecule has 2 N–H and O–H groups in total. The third kappa shape index (κ3) is 4.73. The third-order valence-corrected chi connectivity index (χ3v) is 4.16. The average molecular weight is 364 g/mol. The summed E-state index contributed by atoms with van der Waals surface area (Å²) in [6.07, 6.45) is 0.544. The standard InChI is InChI=1S/C21H24N4O2/c1-15(2)23-20(26)14-25-18-11-7-6-10-17(18)24-19(25)12-13-22-21(27)16-8-4-3-5-9-16/h3-11,15H,12-14H2,1-2H3,(H,22,27)(H,23,26). The zero-order valence-electron chi connectivity index (χ0n) is 15.6. The topological polar surface area (TPSA) is 76.0 Å². The van der Waals surface area contributed by atoms with Crippen LogP contribution in [0.1, 0.15) is 30.0 Å². The first kappa shape index (κ1) is 18.6. The Labute approximate surface area is 158 Å². The van der Waals surface area contributed by atoms with Gasteiger partial charge >= 0.3 is 0 Å². The third-order valence-electron chi connectivity index (χ3n) is 4.16. The molecule has 0 saturated carbocycles. The fourth-order valence-corrected chi connectivity index (χ4v) is 2.98. The van der Waals surface area contributed by atoms with E-state index in [1.165, 1.54) is 0 Å². The minimum Gasteiger partial charge on any atom is -0.352 e. The van der Waals surface area contributed by atoms with Gasteiger partial charge < -0.3 is 15.2 Å². The van der Waals surface area contributed by atoms with Crippen molar-refractivity contribution < 1.29 is 9.59 Å². The van der Waals surface area contributed by atoms with Gasteiger partial charge in [0.05, 0.1) is 11.0 Å². The van der Waals surface area contributed by atoms with Gasteiger partial charge in [-0.3, -0.25) is 9.59 Å². The SMILES string of the molecule is CC(C)NC(=O)Cn1c(CCNC(=O)c2ccccc2)nc2ccccc21. The highest BCUT2D eigenvalue weighted by molar-refractivity contribution is 5.94. The lowest BCUT2D eigenvalue weighted by Gasteiger charge is -2.12. The van der Waals surface area contributed by atoms with Crippen molar-refractivity contribution >= 4 is 22.8 Å². The van der Waals surface area contributed by atoms with Gasteiger partial charge in [0.2, 0.25) is 5.91 Å². The molecule has 140 valence electrons. The van der Waals surface area contributed by atoms with Crippen LogP contribution in [0.3, 0.4) is 0 Å². The number of rotatable bonds is 7. The molecule has 0 aliphatic rings. The van der Waals surface area contributed by atoms with Gasteiger partial charge in [0.1, 0.15) is 12.4 Å². The van der Waals surface area contributed by atoms with Gasteiger partial charge in [-0.2, -0.15) is 0 Å². The molecule has 0 atom stereocenters. The highest BCUT2D eigenvalue weighted by Gasteiger charge is 2.14. The minimum atomic E-state index is -0.115. The smallest absolute Gasteiger partial charge is 0.251 e. The summed E-state index contributed by atoms with van der Waals surface area (Å²) in [6, 6.07) is 16.9. The maximum Gasteiger partial charge on any atom is 0.251 e. The van der Waals surface area contributed by atoms with E-state index in [0.717, 1.165) is 16.9 Å². The fourth-order valence-electron chi connectivity index (χ4n) is 2.98. The molecule has 3 rings (SSSR count). The number of aromatic nitrogens is 2. The molecule has 1 aromatic heterocycles. The highest BCUT2D eigenvalue weighted by Crippen LogP contribution is 2.16. The second-order valence-electron chi connectivity index (χ2n) is 6.70. The zero-order chi connectivity index (χ0) is 19.2. The van der Waals surface area contributed by atoms with Crippen LogP contribution < -0.4 is 10.6 Å². The number of fused-ring (bicyclic) bond motifs is 1. The molecule has 0 unspecified atom stereocenters. The molecule has 0 aliphatic heterocycles. The van der Waals surface area contributed by atoms with Gasteiger partial charge in [0, 0.05) is 24.6 Å². The summed E-state index contributed by atoms with van der Waals surface area (Å²) >= 11 is 0. The number of para-hydroxylation sites is 2. The van der Waals surface area contributed by atoms with E-state index in [9.17, 15) is 9.59 Å². The largest absolute Gasteiger partial charge is 0.352 e. The second-order valence-corrected chi connectivity index (χ2v) is 6.70. The van der Waals surface area contributed by atoms with Crippen LogP contribution in [0, 0.1) is 0 Å². The maximum absolute atomic E-state index is 12.3. The molecule has 3 aromatic rings. The number of hydrogen-bond acceptors (Lipinski definition) is 3. The molecule has 6 heteroatoms. The van der Waals surface area contributed by atoms with Gasteiger partial charge in [-0.1, -0.05) is 30.3 Å². The van der Waals surface area contributed by atoms with E-state index in [1.807, 2.05) is 60.9 Å². The molecule has 1 heterocycles. The first-order valence-corrected chi connectivity index (χ1v) is 9.11. The van der Waals surface area contributed by atoms with Gasteiger partial charge in [-0.05, 0) is 38.1 Å². The Kier molecular flexibility index (Phi) is 5.86. The molecule has 0 spiro atoms. The van der Waals surface area contributed by atoms with E-state index >= 15 is 0 Å². The van der Waals surface area contributed by atoms with Crippen LogP contribution in [0.2, 0.25) is 0 Å². The predicted molar refractivity (Wildman–Crippen MR) is 105 cm³/mol. The molecule has 2 amide bonds. The van der Waals surface area contributed by atoms with Crippen LogP contribution in [0.5, 0.6) is 0 Å². The lowest BCUT2D eigenvalue weighted by atomic mass is 10.2. The number of imidazole rings is 1. The van der Waals surface area contributed by atoms with Crippen LogP contribution in [0.15, 0.2) is 54.6 Å². The van der Waals surface area contributed by atoms with Crippen LogP contribution in [0.4, 0.5) is 0 Å². The monoisotopic (exact) mass is 364 g/mol. The fraction of sp³-hybridized carbons (Fsp3) is 0.286. The van der Waals surface area contributed by atoms with Gasteiger partial charge in [-0.15, -0.1) is 0 Å². The van der Waals surface area contributed by atoms with Gasteiger partial charge in [-0.25, -0.2) is 4.98 Å². The van der Waals surface area contributed by atoms with E-state index in [0.29, 0.717) is 18.5 Å². The summed E-state index contributed by atoms with van der Waals surface area (Å²) in [7, 11) is 0. The summed E-state index contributed by atoms with van der Waals surface area (Å²) in [6.45, 7) is 4.53. The van der Waals surface area contributed by atoms with E-state index in [-0.39, 0.29) is 24.4 Å². The molecule has 0 radical (unpaired) electrons. The summed E-state index contributed by atoms with van der Waals surface area (Å²) < 4.78 is 1.92. The number of amides is 2. The van der Waals surface area contributed by atoms with E-state index in [2.05, 4.69) is 15.6 Å². The Balaban J connectivity index is 1.72. The first-order valence-electron chi connectivity index (χ1n) is 9.11. The van der Waals surface area contributed by atoms with Crippen molar-refractivity contribution in [3.05, 3.63) is 66.0 Å². The number of nitrogens with zero attached hydrogens (tertiary/aromatic N) is 2. The molecule has 0 aliphatic carbocycles. The van der Waals surface area contributed by atoms with Crippen LogP contribution in [0.25, 0.3) is 11.0 Å². The summed E-state index contributed by atoms with van der Waals surface area (Å²) in [5, 5.41) is 5.82. The van der Waals surface area contributed by atoms with Crippen molar-refractivity contribution in [2.45, 2.75) is 32.9 Å². The van der Waals surface area contributed by atoms with Crippen molar-refractivity contribution in [2.75, 3.05) is 6.54 Å². The summed E-state index contributed by atoms with van der Waals surface area (Å²) in [4.78, 5) is 29.1. The lowest BCUT2D eigenvalue weighted by Crippen LogP contribution is -2.33. The number of benzene rings is 2. The molecule has 2 aromatic carbocycles. The Hall–Kier alpha value is -3.15. The van der Waals surface area contributed by atoms with Crippen molar-refractivity contribution in [1.29, 1.82) is 0 Å². The normalized spacial score (nSPS) is 10.9.